The summed E-state index contributed by atoms with van der Waals surface area (Å²) in [6.45, 7) is 8.31. The number of pyridine rings is 1. The van der Waals surface area contributed by atoms with Gasteiger partial charge in [-0.05, 0) is 32.9 Å². The fourth-order valence-corrected chi connectivity index (χ4v) is 3.31. The summed E-state index contributed by atoms with van der Waals surface area (Å²) < 4.78 is 2.01. The first kappa shape index (κ1) is 20.6. The van der Waals surface area contributed by atoms with Gasteiger partial charge in [0.15, 0.2) is 11.6 Å². The molecule has 0 aliphatic heterocycles. The number of thiazole rings is 1. The first-order valence-electron chi connectivity index (χ1n) is 8.41. The van der Waals surface area contributed by atoms with Crippen LogP contribution in [0, 0.1) is 13.8 Å². The van der Waals surface area contributed by atoms with Gasteiger partial charge in [0.2, 0.25) is 0 Å². The Hall–Kier alpha value is -1.75. The second kappa shape index (κ2) is 9.81. The Morgan fingerprint density at radius 1 is 1.23 bits per heavy atom. The van der Waals surface area contributed by atoms with Crippen LogP contribution < -0.4 is 10.6 Å². The molecule has 0 atom stereocenters. The fourth-order valence-electron chi connectivity index (χ4n) is 2.45. The lowest BCUT2D eigenvalue weighted by Crippen LogP contribution is -2.38. The molecule has 0 unspecified atom stereocenters. The zero-order valence-electron chi connectivity index (χ0n) is 15.2. The van der Waals surface area contributed by atoms with Crippen LogP contribution in [0.3, 0.4) is 0 Å². The van der Waals surface area contributed by atoms with Gasteiger partial charge in [0, 0.05) is 30.6 Å². The number of fused-ring (bicyclic) bond motifs is 1. The molecule has 9 heteroatoms. The van der Waals surface area contributed by atoms with E-state index < -0.39 is 0 Å². The lowest BCUT2D eigenvalue weighted by molar-refractivity contribution is 0.762. The van der Waals surface area contributed by atoms with E-state index in [1.165, 1.54) is 4.88 Å². The van der Waals surface area contributed by atoms with Gasteiger partial charge in [-0.1, -0.05) is 6.07 Å². The summed E-state index contributed by atoms with van der Waals surface area (Å²) in [6.07, 6.45) is 2.75. The van der Waals surface area contributed by atoms with Crippen molar-refractivity contribution in [2.45, 2.75) is 33.7 Å². The number of aliphatic imine (C=N–C) groups is 1. The first-order valence-corrected chi connectivity index (χ1v) is 9.22. The number of nitrogens with zero attached hydrogens (tertiary/aromatic N) is 5. The number of hydrogen-bond acceptors (Lipinski definition) is 5. The number of halogens is 1. The van der Waals surface area contributed by atoms with E-state index >= 15 is 0 Å². The molecule has 3 heterocycles. The van der Waals surface area contributed by atoms with E-state index in [0.717, 1.165) is 47.6 Å². The van der Waals surface area contributed by atoms with Crippen molar-refractivity contribution < 1.29 is 0 Å². The second-order valence-electron chi connectivity index (χ2n) is 5.67. The molecule has 0 saturated heterocycles. The SMILES string of the molecule is CCNC(=NCc1nc(C)c(C)s1)NCCc1nnc2ccccn12.I. The van der Waals surface area contributed by atoms with Gasteiger partial charge in [-0.2, -0.15) is 0 Å². The highest BCUT2D eigenvalue weighted by atomic mass is 127. The van der Waals surface area contributed by atoms with Crippen molar-refractivity contribution >= 4 is 46.9 Å². The lowest BCUT2D eigenvalue weighted by atomic mass is 10.4. The Balaban J connectivity index is 0.00000243. The van der Waals surface area contributed by atoms with Gasteiger partial charge in [0.25, 0.3) is 0 Å². The molecule has 0 fully saturated rings. The van der Waals surface area contributed by atoms with Crippen molar-refractivity contribution in [2.75, 3.05) is 13.1 Å². The van der Waals surface area contributed by atoms with Crippen LogP contribution in [0.25, 0.3) is 5.65 Å². The molecule has 26 heavy (non-hydrogen) atoms. The zero-order chi connectivity index (χ0) is 17.6. The van der Waals surface area contributed by atoms with E-state index in [2.05, 4.69) is 44.7 Å². The number of aryl methyl sites for hydroxylation is 2. The predicted octanol–water partition coefficient (Wildman–Crippen LogP) is 2.72. The van der Waals surface area contributed by atoms with Gasteiger partial charge in [0.05, 0.1) is 12.2 Å². The Morgan fingerprint density at radius 2 is 2.08 bits per heavy atom. The average molecular weight is 485 g/mol. The van der Waals surface area contributed by atoms with Crippen LogP contribution in [-0.4, -0.2) is 38.6 Å². The zero-order valence-corrected chi connectivity index (χ0v) is 18.3. The summed E-state index contributed by atoms with van der Waals surface area (Å²) >= 11 is 1.70. The van der Waals surface area contributed by atoms with Crippen LogP contribution in [0.15, 0.2) is 29.4 Å². The van der Waals surface area contributed by atoms with E-state index in [-0.39, 0.29) is 24.0 Å². The molecular formula is C17H24IN7S. The first-order chi connectivity index (χ1) is 12.2. The Kier molecular flexibility index (Phi) is 7.76. The average Bonchev–Trinajstić information content (AvgIpc) is 3.16. The minimum atomic E-state index is 0. The highest BCUT2D eigenvalue weighted by molar-refractivity contribution is 14.0. The molecule has 3 aromatic rings. The highest BCUT2D eigenvalue weighted by Gasteiger charge is 2.06. The van der Waals surface area contributed by atoms with E-state index in [1.807, 2.05) is 35.7 Å². The number of aromatic nitrogens is 4. The number of hydrogen-bond donors (Lipinski definition) is 2. The Morgan fingerprint density at radius 3 is 2.81 bits per heavy atom. The molecule has 3 aromatic heterocycles. The third-order valence-electron chi connectivity index (χ3n) is 3.81. The van der Waals surface area contributed by atoms with Gasteiger partial charge in [-0.15, -0.1) is 45.5 Å². The summed E-state index contributed by atoms with van der Waals surface area (Å²) in [5, 5.41) is 16.1. The quantitative estimate of drug-likeness (QED) is 0.319. The molecule has 140 valence electrons. The van der Waals surface area contributed by atoms with Gasteiger partial charge in [-0.25, -0.2) is 9.98 Å². The van der Waals surface area contributed by atoms with Crippen LogP contribution in [0.1, 0.15) is 28.3 Å². The van der Waals surface area contributed by atoms with Crippen molar-refractivity contribution in [3.63, 3.8) is 0 Å². The lowest BCUT2D eigenvalue weighted by Gasteiger charge is -2.10. The molecule has 7 nitrogen and oxygen atoms in total. The van der Waals surface area contributed by atoms with Crippen molar-refractivity contribution in [1.82, 2.24) is 30.2 Å². The molecule has 0 saturated carbocycles. The van der Waals surface area contributed by atoms with Gasteiger partial charge in [0.1, 0.15) is 10.8 Å². The Labute approximate surface area is 174 Å². The Bertz CT molecular complexity index is 852. The highest BCUT2D eigenvalue weighted by Crippen LogP contribution is 2.16. The van der Waals surface area contributed by atoms with Gasteiger partial charge < -0.3 is 10.6 Å². The number of nitrogens with one attached hydrogen (secondary N) is 2. The molecule has 0 bridgehead atoms. The second-order valence-corrected chi connectivity index (χ2v) is 6.95. The molecule has 0 amide bonds. The van der Waals surface area contributed by atoms with Crippen molar-refractivity contribution in [1.29, 1.82) is 0 Å². The number of rotatable bonds is 6. The largest absolute Gasteiger partial charge is 0.357 e. The standard InChI is InChI=1S/C17H23N7S.HI/c1-4-18-17(20-11-16-21-12(2)13(3)25-16)19-9-8-15-23-22-14-7-5-6-10-24(14)15;/h5-7,10H,4,8-9,11H2,1-3H3,(H2,18,19,20);1H. The molecule has 0 aliphatic carbocycles. The van der Waals surface area contributed by atoms with E-state index in [9.17, 15) is 0 Å². The van der Waals surface area contributed by atoms with Gasteiger partial charge in [-0.3, -0.25) is 4.40 Å². The summed E-state index contributed by atoms with van der Waals surface area (Å²) in [6, 6.07) is 5.90. The van der Waals surface area contributed by atoms with Crippen molar-refractivity contribution in [3.05, 3.63) is 45.8 Å². The van der Waals surface area contributed by atoms with E-state index in [1.54, 1.807) is 11.3 Å². The van der Waals surface area contributed by atoms with Crippen molar-refractivity contribution in [3.8, 4) is 0 Å². The summed E-state index contributed by atoms with van der Waals surface area (Å²) in [5.41, 5.74) is 1.96. The summed E-state index contributed by atoms with van der Waals surface area (Å²) in [4.78, 5) is 10.4. The topological polar surface area (TPSA) is 79.5 Å². The fraction of sp³-hybridized carbons (Fsp3) is 0.412. The molecule has 0 aliphatic rings. The molecule has 0 spiro atoms. The molecule has 0 aromatic carbocycles. The molecule has 2 N–H and O–H groups in total. The van der Waals surface area contributed by atoms with Crippen LogP contribution in [0.5, 0.6) is 0 Å². The van der Waals surface area contributed by atoms with Crippen molar-refractivity contribution in [2.24, 2.45) is 4.99 Å². The smallest absolute Gasteiger partial charge is 0.191 e. The molecular weight excluding hydrogens is 461 g/mol. The summed E-state index contributed by atoms with van der Waals surface area (Å²) in [7, 11) is 0. The third kappa shape index (κ3) is 5.13. The van der Waals surface area contributed by atoms with E-state index in [4.69, 9.17) is 0 Å². The van der Waals surface area contributed by atoms with E-state index in [0.29, 0.717) is 6.54 Å². The van der Waals surface area contributed by atoms with Crippen LogP contribution in [-0.2, 0) is 13.0 Å². The van der Waals surface area contributed by atoms with Crippen LogP contribution in [0.2, 0.25) is 0 Å². The minimum Gasteiger partial charge on any atom is -0.357 e. The summed E-state index contributed by atoms with van der Waals surface area (Å²) in [5.74, 6) is 1.73. The molecule has 0 radical (unpaired) electrons. The van der Waals surface area contributed by atoms with Crippen LogP contribution >= 0.6 is 35.3 Å². The normalized spacial score (nSPS) is 11.4. The van der Waals surface area contributed by atoms with Crippen LogP contribution in [0.4, 0.5) is 0 Å². The third-order valence-corrected chi connectivity index (χ3v) is 4.87. The predicted molar refractivity (Wildman–Crippen MR) is 117 cm³/mol. The number of guanidine groups is 1. The molecule has 3 rings (SSSR count). The maximum Gasteiger partial charge on any atom is 0.191 e. The maximum atomic E-state index is 4.62. The monoisotopic (exact) mass is 485 g/mol. The van der Waals surface area contributed by atoms with Gasteiger partial charge >= 0.3 is 0 Å². The maximum absolute atomic E-state index is 4.62. The minimum absolute atomic E-state index is 0.